The minimum Gasteiger partial charge on any atom is -0.344 e. The van der Waals surface area contributed by atoms with Crippen LogP contribution in [0.2, 0.25) is 0 Å². The van der Waals surface area contributed by atoms with Gasteiger partial charge in [0.2, 0.25) is 5.91 Å². The van der Waals surface area contributed by atoms with Crippen LogP contribution in [0, 0.1) is 0 Å². The predicted molar refractivity (Wildman–Crippen MR) is 48.9 cm³/mol. The fourth-order valence-corrected chi connectivity index (χ4v) is 0.697. The van der Waals surface area contributed by atoms with Gasteiger partial charge in [-0.3, -0.25) is 4.79 Å². The van der Waals surface area contributed by atoms with Crippen molar-refractivity contribution >= 4 is 24.8 Å². The van der Waals surface area contributed by atoms with Crippen LogP contribution in [-0.2, 0) is 9.59 Å². The van der Waals surface area contributed by atoms with Crippen LogP contribution in [-0.4, -0.2) is 36.6 Å². The number of hydrogen-bond donors (Lipinski definition) is 4. The molecule has 0 radical (unpaired) electrons. The quantitative estimate of drug-likeness (QED) is 0.295. The van der Waals surface area contributed by atoms with E-state index in [1.165, 1.54) is 0 Å². The lowest BCUT2D eigenvalue weighted by atomic mass is 10.2. The molecule has 5 N–H and O–H groups in total. The molecule has 1 amide bonds. The fourth-order valence-electron chi connectivity index (χ4n) is 0.519. The first kappa shape index (κ1) is 11.4. The van der Waals surface area contributed by atoms with Crippen LogP contribution in [0.25, 0.3) is 0 Å². The third-order valence-corrected chi connectivity index (χ3v) is 1.67. The SMILES string of the molecule is NCC(N)C(=O)NC(C=O)CS. The Morgan fingerprint density at radius 1 is 1.67 bits per heavy atom. The molecule has 0 aromatic rings. The van der Waals surface area contributed by atoms with Gasteiger partial charge < -0.3 is 21.6 Å². The molecule has 5 nitrogen and oxygen atoms in total. The normalized spacial score (nSPS) is 14.9. The Labute approximate surface area is 76.3 Å². The first-order chi connectivity index (χ1) is 5.65. The smallest absolute Gasteiger partial charge is 0.238 e. The van der Waals surface area contributed by atoms with Gasteiger partial charge in [0.1, 0.15) is 6.29 Å². The van der Waals surface area contributed by atoms with E-state index in [9.17, 15) is 9.59 Å². The Bertz CT molecular complexity index is 165. The number of rotatable bonds is 5. The van der Waals surface area contributed by atoms with Crippen LogP contribution in [0.5, 0.6) is 0 Å². The van der Waals surface area contributed by atoms with E-state index >= 15 is 0 Å². The van der Waals surface area contributed by atoms with Gasteiger partial charge >= 0.3 is 0 Å². The number of carbonyl (C=O) groups excluding carboxylic acids is 2. The third kappa shape index (κ3) is 3.70. The summed E-state index contributed by atoms with van der Waals surface area (Å²) in [6.07, 6.45) is 0.605. The van der Waals surface area contributed by atoms with Crippen molar-refractivity contribution in [3.8, 4) is 0 Å². The minimum atomic E-state index is -0.757. The van der Waals surface area contributed by atoms with Crippen LogP contribution in [0.1, 0.15) is 0 Å². The minimum absolute atomic E-state index is 0.0595. The van der Waals surface area contributed by atoms with Crippen molar-refractivity contribution in [2.45, 2.75) is 12.1 Å². The van der Waals surface area contributed by atoms with Crippen molar-refractivity contribution in [1.29, 1.82) is 0 Å². The summed E-state index contributed by atoms with van der Waals surface area (Å²) in [4.78, 5) is 21.2. The van der Waals surface area contributed by atoms with Crippen molar-refractivity contribution in [1.82, 2.24) is 5.32 Å². The number of carbonyl (C=O) groups is 2. The molecule has 2 atom stereocenters. The van der Waals surface area contributed by atoms with Gasteiger partial charge in [-0.25, -0.2) is 0 Å². The van der Waals surface area contributed by atoms with E-state index < -0.39 is 18.0 Å². The van der Waals surface area contributed by atoms with Crippen molar-refractivity contribution < 1.29 is 9.59 Å². The third-order valence-electron chi connectivity index (χ3n) is 1.28. The summed E-state index contributed by atoms with van der Waals surface area (Å²) < 4.78 is 0. The van der Waals surface area contributed by atoms with Crippen LogP contribution in [0.4, 0.5) is 0 Å². The van der Waals surface area contributed by atoms with Crippen molar-refractivity contribution in [3.05, 3.63) is 0 Å². The molecule has 70 valence electrons. The van der Waals surface area contributed by atoms with Crippen LogP contribution < -0.4 is 16.8 Å². The van der Waals surface area contributed by atoms with Gasteiger partial charge in [0.25, 0.3) is 0 Å². The molecular weight excluding hydrogens is 178 g/mol. The monoisotopic (exact) mass is 191 g/mol. The Morgan fingerprint density at radius 3 is 2.58 bits per heavy atom. The number of aldehydes is 1. The molecule has 0 aliphatic heterocycles. The number of nitrogens with one attached hydrogen (secondary N) is 1. The molecule has 2 unspecified atom stereocenters. The lowest BCUT2D eigenvalue weighted by Crippen LogP contribution is -2.49. The van der Waals surface area contributed by atoms with E-state index in [4.69, 9.17) is 11.5 Å². The van der Waals surface area contributed by atoms with Crippen LogP contribution >= 0.6 is 12.6 Å². The van der Waals surface area contributed by atoms with Gasteiger partial charge in [-0.05, 0) is 0 Å². The van der Waals surface area contributed by atoms with Gasteiger partial charge in [-0.15, -0.1) is 0 Å². The number of thiol groups is 1. The van der Waals surface area contributed by atoms with Gasteiger partial charge in [-0.2, -0.15) is 12.6 Å². The summed E-state index contributed by atoms with van der Waals surface area (Å²) in [5.74, 6) is -0.171. The lowest BCUT2D eigenvalue weighted by Gasteiger charge is -2.13. The van der Waals surface area contributed by atoms with E-state index in [2.05, 4.69) is 17.9 Å². The van der Waals surface area contributed by atoms with Gasteiger partial charge in [0.15, 0.2) is 0 Å². The summed E-state index contributed by atoms with van der Waals surface area (Å²) in [5.41, 5.74) is 10.4. The van der Waals surface area contributed by atoms with Gasteiger partial charge in [0, 0.05) is 12.3 Å². The van der Waals surface area contributed by atoms with Crippen molar-refractivity contribution in [3.63, 3.8) is 0 Å². The zero-order chi connectivity index (χ0) is 9.56. The molecule has 0 aromatic heterocycles. The molecule has 0 aliphatic rings. The van der Waals surface area contributed by atoms with Gasteiger partial charge in [-0.1, -0.05) is 0 Å². The Hall–Kier alpha value is -0.590. The molecule has 6 heteroatoms. The Morgan fingerprint density at radius 2 is 2.25 bits per heavy atom. The highest BCUT2D eigenvalue weighted by atomic mass is 32.1. The van der Waals surface area contributed by atoms with Crippen molar-refractivity contribution in [2.75, 3.05) is 12.3 Å². The molecule has 0 saturated heterocycles. The zero-order valence-corrected chi connectivity index (χ0v) is 7.46. The maximum absolute atomic E-state index is 11.0. The van der Waals surface area contributed by atoms with E-state index in [0.29, 0.717) is 6.29 Å². The molecule has 0 heterocycles. The van der Waals surface area contributed by atoms with Crippen LogP contribution in [0.3, 0.4) is 0 Å². The van der Waals surface area contributed by atoms with Crippen molar-refractivity contribution in [2.24, 2.45) is 11.5 Å². The molecule has 12 heavy (non-hydrogen) atoms. The highest BCUT2D eigenvalue weighted by Gasteiger charge is 2.14. The summed E-state index contributed by atoms with van der Waals surface area (Å²) >= 11 is 3.85. The largest absolute Gasteiger partial charge is 0.344 e. The summed E-state index contributed by atoms with van der Waals surface area (Å²) in [5, 5.41) is 2.38. The van der Waals surface area contributed by atoms with Crippen LogP contribution in [0.15, 0.2) is 0 Å². The topological polar surface area (TPSA) is 98.2 Å². The first-order valence-corrected chi connectivity index (χ1v) is 4.11. The van der Waals surface area contributed by atoms with E-state index in [0.717, 1.165) is 0 Å². The molecule has 0 fully saturated rings. The molecular formula is C6H13N3O2S. The standard InChI is InChI=1S/C6H13N3O2S/c7-1-5(8)6(11)9-4(2-10)3-12/h2,4-5,12H,1,3,7-8H2,(H,9,11). The maximum Gasteiger partial charge on any atom is 0.238 e. The lowest BCUT2D eigenvalue weighted by molar-refractivity contribution is -0.124. The van der Waals surface area contributed by atoms with E-state index in [1.54, 1.807) is 0 Å². The zero-order valence-electron chi connectivity index (χ0n) is 6.56. The fraction of sp³-hybridized carbons (Fsp3) is 0.667. The number of amides is 1. The Balaban J connectivity index is 3.89. The molecule has 0 saturated carbocycles. The maximum atomic E-state index is 11.0. The average molecular weight is 191 g/mol. The Kier molecular flexibility index (Phi) is 5.69. The highest BCUT2D eigenvalue weighted by molar-refractivity contribution is 7.80. The summed E-state index contributed by atoms with van der Waals surface area (Å²) in [6.45, 7) is 0.0595. The second-order valence-corrected chi connectivity index (χ2v) is 2.64. The first-order valence-electron chi connectivity index (χ1n) is 3.47. The predicted octanol–water partition coefficient (Wildman–Crippen LogP) is -2.11. The highest BCUT2D eigenvalue weighted by Crippen LogP contribution is 1.84. The summed E-state index contributed by atoms with van der Waals surface area (Å²) in [7, 11) is 0. The van der Waals surface area contributed by atoms with E-state index in [1.807, 2.05) is 0 Å². The number of nitrogens with two attached hydrogens (primary N) is 2. The summed E-state index contributed by atoms with van der Waals surface area (Å²) in [6, 6.07) is -1.34. The number of hydrogen-bond acceptors (Lipinski definition) is 5. The molecule has 0 rings (SSSR count). The second kappa shape index (κ2) is 5.99. The second-order valence-electron chi connectivity index (χ2n) is 2.28. The molecule has 0 spiro atoms. The molecule has 0 aliphatic carbocycles. The average Bonchev–Trinajstić information content (AvgIpc) is 2.12. The molecule has 0 bridgehead atoms. The molecule has 0 aromatic carbocycles. The van der Waals surface area contributed by atoms with Gasteiger partial charge in [0.05, 0.1) is 12.1 Å². The van der Waals surface area contributed by atoms with E-state index in [-0.39, 0.29) is 12.3 Å².